The Hall–Kier alpha value is -3.03. The van der Waals surface area contributed by atoms with E-state index in [2.05, 4.69) is 6.07 Å². The van der Waals surface area contributed by atoms with Gasteiger partial charge in [0.1, 0.15) is 12.3 Å². The minimum absolute atomic E-state index is 0.108. The zero-order valence-corrected chi connectivity index (χ0v) is 20.1. The summed E-state index contributed by atoms with van der Waals surface area (Å²) in [7, 11) is -2.53. The average Bonchev–Trinajstić information content (AvgIpc) is 2.82. The van der Waals surface area contributed by atoms with E-state index >= 15 is 0 Å². The van der Waals surface area contributed by atoms with Gasteiger partial charge in [0.2, 0.25) is 5.91 Å². The third-order valence-electron chi connectivity index (χ3n) is 5.79. The van der Waals surface area contributed by atoms with Gasteiger partial charge in [-0.15, -0.1) is 0 Å². The van der Waals surface area contributed by atoms with Crippen LogP contribution in [0.25, 0.3) is 0 Å². The molecule has 0 atom stereocenters. The van der Waals surface area contributed by atoms with E-state index in [1.54, 1.807) is 41.3 Å². The Labute approximate surface area is 199 Å². The quantitative estimate of drug-likeness (QED) is 0.519. The second-order valence-electron chi connectivity index (χ2n) is 7.98. The maximum atomic E-state index is 13.6. The number of carbonyl (C=O) groups excluding carboxylic acids is 1. The predicted octanol–water partition coefficient (Wildman–Crippen LogP) is 4.44. The topological polar surface area (TPSA) is 66.9 Å². The summed E-state index contributed by atoms with van der Waals surface area (Å²) >= 11 is 6.29. The van der Waals surface area contributed by atoms with Gasteiger partial charge in [-0.3, -0.25) is 9.10 Å². The van der Waals surface area contributed by atoms with Crippen molar-refractivity contribution >= 4 is 33.2 Å². The fourth-order valence-corrected chi connectivity index (χ4v) is 5.55. The lowest BCUT2D eigenvalue weighted by atomic mass is 10.00. The number of rotatable bonds is 6. The van der Waals surface area contributed by atoms with Gasteiger partial charge >= 0.3 is 0 Å². The molecule has 0 aromatic heterocycles. The number of hydrogen-bond donors (Lipinski definition) is 0. The largest absolute Gasteiger partial charge is 0.495 e. The molecule has 4 rings (SSSR count). The third kappa shape index (κ3) is 4.84. The van der Waals surface area contributed by atoms with Crippen LogP contribution in [0.5, 0.6) is 5.75 Å². The van der Waals surface area contributed by atoms with Crippen molar-refractivity contribution in [2.45, 2.75) is 24.8 Å². The van der Waals surface area contributed by atoms with E-state index in [1.165, 1.54) is 18.7 Å². The van der Waals surface area contributed by atoms with Gasteiger partial charge in [-0.1, -0.05) is 53.6 Å². The monoisotopic (exact) mass is 484 g/mol. The number of halogens is 1. The van der Waals surface area contributed by atoms with Crippen LogP contribution in [0.3, 0.4) is 0 Å². The molecule has 1 heterocycles. The summed E-state index contributed by atoms with van der Waals surface area (Å²) in [5.41, 5.74) is 3.54. The van der Waals surface area contributed by atoms with Gasteiger partial charge < -0.3 is 9.64 Å². The lowest BCUT2D eigenvalue weighted by Crippen LogP contribution is -2.44. The highest BCUT2D eigenvalue weighted by molar-refractivity contribution is 7.92. The number of amides is 1. The average molecular weight is 485 g/mol. The number of fused-ring (bicyclic) bond motifs is 1. The lowest BCUT2D eigenvalue weighted by molar-refractivity contribution is -0.130. The summed E-state index contributed by atoms with van der Waals surface area (Å²) in [6, 6.07) is 19.2. The van der Waals surface area contributed by atoms with E-state index in [0.717, 1.165) is 21.9 Å². The van der Waals surface area contributed by atoms with Crippen LogP contribution in [0, 0.1) is 6.92 Å². The van der Waals surface area contributed by atoms with Crippen LogP contribution in [0.4, 0.5) is 5.69 Å². The first-order chi connectivity index (χ1) is 15.8. The number of methoxy groups -OCH3 is 1. The molecule has 0 bridgehead atoms. The maximum Gasteiger partial charge on any atom is 0.264 e. The molecule has 0 fully saturated rings. The molecular weight excluding hydrogens is 460 g/mol. The highest BCUT2D eigenvalue weighted by Gasteiger charge is 2.30. The Kier molecular flexibility index (Phi) is 6.63. The van der Waals surface area contributed by atoms with Gasteiger partial charge in [-0.05, 0) is 54.8 Å². The Bertz CT molecular complexity index is 1280. The van der Waals surface area contributed by atoms with Crippen LogP contribution in [-0.4, -0.2) is 39.4 Å². The Morgan fingerprint density at radius 1 is 1.06 bits per heavy atom. The molecule has 6 nitrogen and oxygen atoms in total. The van der Waals surface area contributed by atoms with Gasteiger partial charge in [-0.25, -0.2) is 8.42 Å². The van der Waals surface area contributed by atoms with Crippen LogP contribution in [-0.2, 0) is 27.8 Å². The highest BCUT2D eigenvalue weighted by Crippen LogP contribution is 2.32. The second-order valence-corrected chi connectivity index (χ2v) is 10.2. The van der Waals surface area contributed by atoms with E-state index in [0.29, 0.717) is 24.5 Å². The molecule has 0 unspecified atom stereocenters. The lowest BCUT2D eigenvalue weighted by Gasteiger charge is -2.32. The zero-order valence-electron chi connectivity index (χ0n) is 18.5. The zero-order chi connectivity index (χ0) is 23.6. The summed E-state index contributed by atoms with van der Waals surface area (Å²) in [6.07, 6.45) is 0.737. The molecule has 0 saturated carbocycles. The van der Waals surface area contributed by atoms with Gasteiger partial charge in [0.15, 0.2) is 0 Å². The van der Waals surface area contributed by atoms with Crippen molar-refractivity contribution in [1.29, 1.82) is 0 Å². The second kappa shape index (κ2) is 9.45. The Morgan fingerprint density at radius 2 is 1.76 bits per heavy atom. The van der Waals surface area contributed by atoms with E-state index < -0.39 is 10.0 Å². The molecule has 0 radical (unpaired) electrons. The van der Waals surface area contributed by atoms with Crippen LogP contribution < -0.4 is 9.04 Å². The number of ether oxygens (including phenoxy) is 1. The van der Waals surface area contributed by atoms with Crippen LogP contribution in [0.1, 0.15) is 16.7 Å². The molecule has 1 aliphatic heterocycles. The number of aryl methyl sites for hydroxylation is 1. The summed E-state index contributed by atoms with van der Waals surface area (Å²) in [5.74, 6) is 0.152. The van der Waals surface area contributed by atoms with Gasteiger partial charge in [-0.2, -0.15) is 0 Å². The summed E-state index contributed by atoms with van der Waals surface area (Å²) < 4.78 is 33.5. The van der Waals surface area contributed by atoms with Crippen molar-refractivity contribution in [3.8, 4) is 5.75 Å². The molecule has 8 heteroatoms. The van der Waals surface area contributed by atoms with Gasteiger partial charge in [0.25, 0.3) is 10.0 Å². The third-order valence-corrected chi connectivity index (χ3v) is 7.88. The van der Waals surface area contributed by atoms with Crippen molar-refractivity contribution in [3.63, 3.8) is 0 Å². The molecule has 172 valence electrons. The first-order valence-electron chi connectivity index (χ1n) is 10.6. The maximum absolute atomic E-state index is 13.6. The molecule has 0 saturated heterocycles. The number of sulfonamides is 1. The van der Waals surface area contributed by atoms with Crippen molar-refractivity contribution in [2.24, 2.45) is 0 Å². The van der Waals surface area contributed by atoms with E-state index in [1.807, 2.05) is 25.1 Å². The molecule has 1 amide bonds. The van der Waals surface area contributed by atoms with E-state index in [-0.39, 0.29) is 22.4 Å². The van der Waals surface area contributed by atoms with Crippen LogP contribution >= 0.6 is 11.6 Å². The number of benzene rings is 3. The van der Waals surface area contributed by atoms with Crippen molar-refractivity contribution in [3.05, 3.63) is 88.4 Å². The highest BCUT2D eigenvalue weighted by atomic mass is 35.5. The minimum Gasteiger partial charge on any atom is -0.495 e. The first-order valence-corrected chi connectivity index (χ1v) is 12.4. The van der Waals surface area contributed by atoms with Gasteiger partial charge in [0.05, 0.1) is 22.7 Å². The fourth-order valence-electron chi connectivity index (χ4n) is 3.89. The van der Waals surface area contributed by atoms with Gasteiger partial charge in [0, 0.05) is 13.1 Å². The normalized spacial score (nSPS) is 13.4. The molecule has 3 aromatic rings. The molecule has 1 aliphatic rings. The Morgan fingerprint density at radius 3 is 2.42 bits per heavy atom. The van der Waals surface area contributed by atoms with E-state index in [9.17, 15) is 13.2 Å². The summed E-state index contributed by atoms with van der Waals surface area (Å²) in [4.78, 5) is 15.1. The number of hydrogen-bond acceptors (Lipinski definition) is 4. The minimum atomic E-state index is -4.02. The van der Waals surface area contributed by atoms with E-state index in [4.69, 9.17) is 16.3 Å². The molecule has 0 aliphatic carbocycles. The standard InChI is InChI=1S/C25H25ClN2O4S/c1-18-7-10-22(11-8-18)33(30,31)28(21-9-12-24(32-2)23(26)15-21)17-25(29)27-14-13-19-5-3-4-6-20(19)16-27/h3-12,15H,13-14,16-17H2,1-2H3. The van der Waals surface area contributed by atoms with Crippen LogP contribution in [0.2, 0.25) is 5.02 Å². The van der Waals surface area contributed by atoms with Crippen molar-refractivity contribution in [1.82, 2.24) is 4.90 Å². The predicted molar refractivity (Wildman–Crippen MR) is 129 cm³/mol. The number of anilines is 1. The fraction of sp³-hybridized carbons (Fsp3) is 0.240. The Balaban J connectivity index is 1.68. The summed E-state index contributed by atoms with van der Waals surface area (Å²) in [6.45, 7) is 2.55. The SMILES string of the molecule is COc1ccc(N(CC(=O)N2CCc3ccccc3C2)S(=O)(=O)c2ccc(C)cc2)cc1Cl. The summed E-state index contributed by atoms with van der Waals surface area (Å²) in [5, 5.41) is 0.262. The molecule has 3 aromatic carbocycles. The first kappa shape index (κ1) is 23.1. The van der Waals surface area contributed by atoms with Crippen molar-refractivity contribution < 1.29 is 17.9 Å². The number of carbonyl (C=O) groups is 1. The molecule has 33 heavy (non-hydrogen) atoms. The van der Waals surface area contributed by atoms with Crippen LogP contribution in [0.15, 0.2) is 71.6 Å². The molecule has 0 N–H and O–H groups in total. The smallest absolute Gasteiger partial charge is 0.264 e. The molecular formula is C25H25ClN2O4S. The molecule has 0 spiro atoms. The van der Waals surface area contributed by atoms with Crippen molar-refractivity contribution in [2.75, 3.05) is 24.5 Å². The number of nitrogens with zero attached hydrogens (tertiary/aromatic N) is 2.